The summed E-state index contributed by atoms with van der Waals surface area (Å²) in [6, 6.07) is 24.3. The molecule has 0 aromatic heterocycles. The van der Waals surface area contributed by atoms with Crippen LogP contribution in [-0.4, -0.2) is 20.9 Å². The van der Waals surface area contributed by atoms with Crippen molar-refractivity contribution in [1.82, 2.24) is 0 Å². The number of para-hydroxylation sites is 1. The number of carbonyl (C=O) groups excluding carboxylic acids is 1. The third kappa shape index (κ3) is 4.87. The molecule has 0 saturated carbocycles. The molecule has 0 aliphatic heterocycles. The van der Waals surface area contributed by atoms with Gasteiger partial charge in [0.25, 0.3) is 15.9 Å². The summed E-state index contributed by atoms with van der Waals surface area (Å²) in [6.45, 7) is -0.385. The van der Waals surface area contributed by atoms with Gasteiger partial charge in [-0.3, -0.25) is 9.52 Å². The number of benzene rings is 4. The molecule has 0 atom stereocenters. The van der Waals surface area contributed by atoms with E-state index >= 15 is 0 Å². The highest BCUT2D eigenvalue weighted by Gasteiger charge is 2.16. The molecule has 4 aromatic rings. The Morgan fingerprint density at radius 3 is 2.31 bits per heavy atom. The van der Waals surface area contributed by atoms with E-state index in [0.29, 0.717) is 11.4 Å². The molecule has 0 fully saturated rings. The minimum Gasteiger partial charge on any atom is -0.481 e. The molecule has 162 valence electrons. The summed E-state index contributed by atoms with van der Waals surface area (Å²) in [4.78, 5) is 12.1. The molecule has 0 saturated heterocycles. The molecule has 0 spiro atoms. The predicted octanol–water partition coefficient (Wildman–Crippen LogP) is 4.80. The van der Waals surface area contributed by atoms with Crippen LogP contribution in [0.15, 0.2) is 95.9 Å². The van der Waals surface area contributed by atoms with Crippen LogP contribution in [0, 0.1) is 5.82 Å². The first-order valence-corrected chi connectivity index (χ1v) is 11.2. The van der Waals surface area contributed by atoms with Gasteiger partial charge in [-0.1, -0.05) is 48.5 Å². The van der Waals surface area contributed by atoms with E-state index in [1.165, 1.54) is 42.5 Å². The average Bonchev–Trinajstić information content (AvgIpc) is 2.79. The highest BCUT2D eigenvalue weighted by Crippen LogP contribution is 2.26. The van der Waals surface area contributed by atoms with E-state index in [-0.39, 0.29) is 17.3 Å². The maximum Gasteiger partial charge on any atom is 0.262 e. The molecule has 8 heteroatoms. The molecule has 0 heterocycles. The first-order valence-electron chi connectivity index (χ1n) is 9.70. The summed E-state index contributed by atoms with van der Waals surface area (Å²) in [6.07, 6.45) is 0. The molecule has 0 aliphatic carbocycles. The van der Waals surface area contributed by atoms with Crippen molar-refractivity contribution in [2.45, 2.75) is 4.90 Å². The smallest absolute Gasteiger partial charge is 0.262 e. The fourth-order valence-electron chi connectivity index (χ4n) is 3.14. The van der Waals surface area contributed by atoms with Gasteiger partial charge in [0.15, 0.2) is 18.2 Å². The highest BCUT2D eigenvalue weighted by molar-refractivity contribution is 7.92. The Kier molecular flexibility index (Phi) is 6.04. The molecule has 2 N–H and O–H groups in total. The fourth-order valence-corrected chi connectivity index (χ4v) is 4.22. The van der Waals surface area contributed by atoms with E-state index in [0.717, 1.165) is 10.8 Å². The Balaban J connectivity index is 1.42. The summed E-state index contributed by atoms with van der Waals surface area (Å²) in [5, 5.41) is 4.29. The Hall–Kier alpha value is -3.91. The van der Waals surface area contributed by atoms with Crippen LogP contribution >= 0.6 is 0 Å². The lowest BCUT2D eigenvalue weighted by molar-refractivity contribution is -0.118. The summed E-state index contributed by atoms with van der Waals surface area (Å²) in [7, 11) is -3.83. The third-order valence-corrected chi connectivity index (χ3v) is 6.06. The minimum absolute atomic E-state index is 0.0244. The van der Waals surface area contributed by atoms with Crippen molar-refractivity contribution in [3.8, 4) is 5.75 Å². The first-order chi connectivity index (χ1) is 15.4. The Bertz CT molecular complexity index is 1370. The van der Waals surface area contributed by atoms with Gasteiger partial charge in [-0.05, 0) is 47.9 Å². The Morgan fingerprint density at radius 1 is 0.844 bits per heavy atom. The second kappa shape index (κ2) is 9.07. The van der Waals surface area contributed by atoms with E-state index < -0.39 is 21.7 Å². The van der Waals surface area contributed by atoms with Crippen LogP contribution in [0.5, 0.6) is 5.75 Å². The molecular weight excluding hydrogens is 431 g/mol. The predicted molar refractivity (Wildman–Crippen MR) is 122 cm³/mol. The molecule has 0 unspecified atom stereocenters. The van der Waals surface area contributed by atoms with Crippen LogP contribution in [0.4, 0.5) is 15.8 Å². The quantitative estimate of drug-likeness (QED) is 0.424. The molecule has 6 nitrogen and oxygen atoms in total. The van der Waals surface area contributed by atoms with Crippen LogP contribution in [0.2, 0.25) is 0 Å². The summed E-state index contributed by atoms with van der Waals surface area (Å²) in [5.74, 6) is -1.09. The molecule has 0 aliphatic rings. The zero-order valence-corrected chi connectivity index (χ0v) is 17.6. The van der Waals surface area contributed by atoms with E-state index in [9.17, 15) is 17.6 Å². The topological polar surface area (TPSA) is 84.5 Å². The zero-order valence-electron chi connectivity index (χ0n) is 16.8. The van der Waals surface area contributed by atoms with Crippen LogP contribution in [-0.2, 0) is 14.8 Å². The number of fused-ring (bicyclic) bond motifs is 1. The molecule has 0 radical (unpaired) electrons. The Morgan fingerprint density at radius 2 is 1.53 bits per heavy atom. The van der Waals surface area contributed by atoms with Gasteiger partial charge in [0.1, 0.15) is 0 Å². The summed E-state index contributed by atoms with van der Waals surface area (Å²) < 4.78 is 46.9. The van der Waals surface area contributed by atoms with Gasteiger partial charge in [-0.15, -0.1) is 0 Å². The largest absolute Gasteiger partial charge is 0.481 e. The van der Waals surface area contributed by atoms with Crippen molar-refractivity contribution in [1.29, 1.82) is 0 Å². The van der Waals surface area contributed by atoms with Crippen molar-refractivity contribution in [3.63, 3.8) is 0 Å². The molecule has 0 bridgehead atoms. The lowest BCUT2D eigenvalue weighted by Gasteiger charge is -2.12. The SMILES string of the molecule is O=C(COc1ccccc1F)Nc1ccc(S(=O)(=O)Nc2cccc3ccccc23)cc1. The van der Waals surface area contributed by atoms with Crippen molar-refractivity contribution in [3.05, 3.63) is 96.8 Å². The normalized spacial score (nSPS) is 11.2. The van der Waals surface area contributed by atoms with Crippen molar-refractivity contribution >= 4 is 38.1 Å². The monoisotopic (exact) mass is 450 g/mol. The van der Waals surface area contributed by atoms with Gasteiger partial charge >= 0.3 is 0 Å². The number of halogens is 1. The molecule has 4 rings (SSSR count). The lowest BCUT2D eigenvalue weighted by atomic mass is 10.1. The van der Waals surface area contributed by atoms with Gasteiger partial charge in [-0.2, -0.15) is 0 Å². The number of rotatable bonds is 7. The van der Waals surface area contributed by atoms with Gasteiger partial charge in [0.2, 0.25) is 0 Å². The maximum atomic E-state index is 13.5. The second-order valence-electron chi connectivity index (χ2n) is 6.92. The number of carbonyl (C=O) groups is 1. The molecule has 1 amide bonds. The summed E-state index contributed by atoms with van der Waals surface area (Å²) in [5.41, 5.74) is 0.863. The van der Waals surface area contributed by atoms with Crippen molar-refractivity contribution in [2.75, 3.05) is 16.6 Å². The van der Waals surface area contributed by atoms with Gasteiger partial charge < -0.3 is 10.1 Å². The second-order valence-corrected chi connectivity index (χ2v) is 8.61. The van der Waals surface area contributed by atoms with Crippen LogP contribution in [0.1, 0.15) is 0 Å². The maximum absolute atomic E-state index is 13.5. The summed E-state index contributed by atoms with van der Waals surface area (Å²) >= 11 is 0. The van der Waals surface area contributed by atoms with E-state index in [4.69, 9.17) is 4.74 Å². The van der Waals surface area contributed by atoms with Crippen LogP contribution in [0.3, 0.4) is 0 Å². The lowest BCUT2D eigenvalue weighted by Crippen LogP contribution is -2.20. The number of anilines is 2. The van der Waals surface area contributed by atoms with Crippen molar-refractivity contribution in [2.24, 2.45) is 0 Å². The number of hydrogen-bond donors (Lipinski definition) is 2. The number of hydrogen-bond acceptors (Lipinski definition) is 4. The number of amides is 1. The van der Waals surface area contributed by atoms with Gasteiger partial charge in [0.05, 0.1) is 10.6 Å². The van der Waals surface area contributed by atoms with E-state index in [1.807, 2.05) is 30.3 Å². The van der Waals surface area contributed by atoms with Crippen LogP contribution < -0.4 is 14.8 Å². The zero-order chi connectivity index (χ0) is 22.6. The van der Waals surface area contributed by atoms with Gasteiger partial charge in [0, 0.05) is 11.1 Å². The highest BCUT2D eigenvalue weighted by atomic mass is 32.2. The average molecular weight is 450 g/mol. The molecular formula is C24H19FN2O4S. The third-order valence-electron chi connectivity index (χ3n) is 4.68. The van der Waals surface area contributed by atoms with E-state index in [1.54, 1.807) is 18.2 Å². The Labute approximate surface area is 184 Å². The van der Waals surface area contributed by atoms with Crippen LogP contribution in [0.25, 0.3) is 10.8 Å². The number of nitrogens with one attached hydrogen (secondary N) is 2. The van der Waals surface area contributed by atoms with Crippen molar-refractivity contribution < 1.29 is 22.3 Å². The fraction of sp³-hybridized carbons (Fsp3) is 0.0417. The first kappa shape index (κ1) is 21.3. The number of ether oxygens (including phenoxy) is 1. The molecule has 4 aromatic carbocycles. The standard InChI is InChI=1S/C24H19FN2O4S/c25-21-9-3-4-11-23(21)31-16-24(28)26-18-12-14-19(15-13-18)32(29,30)27-22-10-5-7-17-6-1-2-8-20(17)22/h1-15,27H,16H2,(H,26,28). The number of sulfonamides is 1. The minimum atomic E-state index is -3.83. The van der Waals surface area contributed by atoms with Gasteiger partial charge in [-0.25, -0.2) is 12.8 Å². The van der Waals surface area contributed by atoms with E-state index in [2.05, 4.69) is 10.0 Å². The molecule has 32 heavy (non-hydrogen) atoms.